The summed E-state index contributed by atoms with van der Waals surface area (Å²) in [5, 5.41) is 11.1. The van der Waals surface area contributed by atoms with Gasteiger partial charge in [-0.3, -0.25) is 9.59 Å². The van der Waals surface area contributed by atoms with Gasteiger partial charge in [-0.2, -0.15) is 0 Å². The standard InChI is InChI=1S/C13H15FN2O4/c1-7-2-3-9(14)8(6-7)12(18)16-10(13(19)20)4-5-11(15)17/h2-3,6,10H,4-5H2,1H3,(H2,15,17)(H,16,18)(H,19,20)/t10-/m0/s1. The van der Waals surface area contributed by atoms with Crippen LogP contribution in [0.25, 0.3) is 0 Å². The first-order chi connectivity index (χ1) is 9.31. The van der Waals surface area contributed by atoms with Gasteiger partial charge >= 0.3 is 5.97 Å². The first-order valence-corrected chi connectivity index (χ1v) is 5.89. The monoisotopic (exact) mass is 282 g/mol. The summed E-state index contributed by atoms with van der Waals surface area (Å²) in [6.45, 7) is 1.68. The number of hydrogen-bond donors (Lipinski definition) is 3. The molecule has 1 atom stereocenters. The molecule has 20 heavy (non-hydrogen) atoms. The molecule has 1 aromatic rings. The number of halogens is 1. The van der Waals surface area contributed by atoms with Crippen LogP contribution in [-0.2, 0) is 9.59 Å². The van der Waals surface area contributed by atoms with E-state index in [4.69, 9.17) is 10.8 Å². The maximum Gasteiger partial charge on any atom is 0.326 e. The van der Waals surface area contributed by atoms with Crippen LogP contribution in [0.3, 0.4) is 0 Å². The second kappa shape index (κ2) is 6.65. The van der Waals surface area contributed by atoms with Crippen molar-refractivity contribution in [2.75, 3.05) is 0 Å². The predicted molar refractivity (Wildman–Crippen MR) is 68.5 cm³/mol. The predicted octanol–water partition coefficient (Wildman–Crippen LogP) is 0.583. The van der Waals surface area contributed by atoms with Crippen LogP contribution in [0.15, 0.2) is 18.2 Å². The van der Waals surface area contributed by atoms with Gasteiger partial charge in [-0.15, -0.1) is 0 Å². The third-order valence-corrected chi connectivity index (χ3v) is 2.65. The van der Waals surface area contributed by atoms with Gasteiger partial charge in [-0.1, -0.05) is 11.6 Å². The van der Waals surface area contributed by atoms with E-state index in [1.165, 1.54) is 12.1 Å². The molecule has 0 heterocycles. The molecule has 0 aliphatic rings. The number of aliphatic carboxylic acids is 1. The van der Waals surface area contributed by atoms with Crippen LogP contribution in [0.1, 0.15) is 28.8 Å². The van der Waals surface area contributed by atoms with Crippen LogP contribution in [0.5, 0.6) is 0 Å². The van der Waals surface area contributed by atoms with Gasteiger partial charge in [-0.05, 0) is 25.5 Å². The van der Waals surface area contributed by atoms with Crippen molar-refractivity contribution in [2.24, 2.45) is 5.73 Å². The molecule has 108 valence electrons. The molecule has 0 spiro atoms. The van der Waals surface area contributed by atoms with Gasteiger partial charge in [0, 0.05) is 6.42 Å². The minimum atomic E-state index is -1.31. The highest BCUT2D eigenvalue weighted by atomic mass is 19.1. The number of primary amides is 1. The fraction of sp³-hybridized carbons (Fsp3) is 0.308. The van der Waals surface area contributed by atoms with Crippen molar-refractivity contribution in [3.8, 4) is 0 Å². The first kappa shape index (κ1) is 15.6. The Hall–Kier alpha value is -2.44. The van der Waals surface area contributed by atoms with E-state index in [0.29, 0.717) is 5.56 Å². The zero-order valence-electron chi connectivity index (χ0n) is 10.9. The van der Waals surface area contributed by atoms with Crippen molar-refractivity contribution in [1.29, 1.82) is 0 Å². The Kier molecular flexibility index (Phi) is 5.19. The molecule has 0 saturated carbocycles. The van der Waals surface area contributed by atoms with E-state index in [1.54, 1.807) is 6.92 Å². The number of hydrogen-bond acceptors (Lipinski definition) is 3. The summed E-state index contributed by atoms with van der Waals surface area (Å²) >= 11 is 0. The van der Waals surface area contributed by atoms with Gasteiger partial charge in [-0.25, -0.2) is 9.18 Å². The Bertz CT molecular complexity index is 545. The SMILES string of the molecule is Cc1ccc(F)c(C(=O)N[C@@H](CCC(N)=O)C(=O)O)c1. The first-order valence-electron chi connectivity index (χ1n) is 5.89. The quantitative estimate of drug-likeness (QED) is 0.709. The lowest BCUT2D eigenvalue weighted by molar-refractivity contribution is -0.139. The van der Waals surface area contributed by atoms with Gasteiger partial charge in [0.25, 0.3) is 5.91 Å². The maximum atomic E-state index is 13.5. The molecule has 6 nitrogen and oxygen atoms in total. The topological polar surface area (TPSA) is 109 Å². The minimum absolute atomic E-state index is 0.149. The van der Waals surface area contributed by atoms with Gasteiger partial charge in [0.15, 0.2) is 0 Å². The largest absolute Gasteiger partial charge is 0.480 e. The lowest BCUT2D eigenvalue weighted by Gasteiger charge is -2.14. The molecule has 1 rings (SSSR count). The Labute approximate surface area is 114 Å². The molecule has 7 heteroatoms. The van der Waals surface area contributed by atoms with E-state index in [2.05, 4.69) is 5.32 Å². The van der Waals surface area contributed by atoms with Crippen molar-refractivity contribution in [1.82, 2.24) is 5.32 Å². The molecule has 0 fully saturated rings. The number of nitrogens with two attached hydrogens (primary N) is 1. The Balaban J connectivity index is 2.82. The molecular formula is C13H15FN2O4. The molecule has 0 radical (unpaired) electrons. The molecule has 2 amide bonds. The zero-order chi connectivity index (χ0) is 15.3. The van der Waals surface area contributed by atoms with Crippen LogP contribution in [0, 0.1) is 12.7 Å². The molecule has 0 aliphatic carbocycles. The van der Waals surface area contributed by atoms with E-state index in [0.717, 1.165) is 6.07 Å². The smallest absolute Gasteiger partial charge is 0.326 e. The van der Waals surface area contributed by atoms with Crippen LogP contribution in [0.2, 0.25) is 0 Å². The van der Waals surface area contributed by atoms with Gasteiger partial charge in [0.1, 0.15) is 11.9 Å². The maximum absolute atomic E-state index is 13.5. The van der Waals surface area contributed by atoms with Crippen molar-refractivity contribution in [2.45, 2.75) is 25.8 Å². The third kappa shape index (κ3) is 4.34. The molecule has 0 aliphatic heterocycles. The van der Waals surface area contributed by atoms with E-state index in [9.17, 15) is 18.8 Å². The van der Waals surface area contributed by atoms with E-state index < -0.39 is 29.6 Å². The highest BCUT2D eigenvalue weighted by Gasteiger charge is 2.22. The van der Waals surface area contributed by atoms with Crippen LogP contribution in [-0.4, -0.2) is 28.9 Å². The second-order valence-corrected chi connectivity index (χ2v) is 4.35. The third-order valence-electron chi connectivity index (χ3n) is 2.65. The fourth-order valence-corrected chi connectivity index (χ4v) is 1.59. The molecule has 0 unspecified atom stereocenters. The fourth-order valence-electron chi connectivity index (χ4n) is 1.59. The van der Waals surface area contributed by atoms with Gasteiger partial charge in [0.05, 0.1) is 5.56 Å². The van der Waals surface area contributed by atoms with E-state index in [-0.39, 0.29) is 18.4 Å². The lowest BCUT2D eigenvalue weighted by atomic mass is 10.1. The highest BCUT2D eigenvalue weighted by molar-refractivity contribution is 5.97. The summed E-state index contributed by atoms with van der Waals surface area (Å²) in [5.74, 6) is -3.57. The molecule has 0 bridgehead atoms. The number of carbonyl (C=O) groups excluding carboxylic acids is 2. The number of aryl methyl sites for hydroxylation is 1. The number of rotatable bonds is 6. The average Bonchev–Trinajstić information content (AvgIpc) is 2.36. The number of carboxylic acid groups (broad SMARTS) is 1. The number of carbonyl (C=O) groups is 3. The van der Waals surface area contributed by atoms with E-state index in [1.807, 2.05) is 0 Å². The Morgan fingerprint density at radius 1 is 1.40 bits per heavy atom. The number of carboxylic acids is 1. The average molecular weight is 282 g/mol. The van der Waals surface area contributed by atoms with Gasteiger partial charge < -0.3 is 16.2 Å². The van der Waals surface area contributed by atoms with Crippen molar-refractivity contribution in [3.63, 3.8) is 0 Å². The summed E-state index contributed by atoms with van der Waals surface area (Å²) in [6, 6.07) is 2.64. The summed E-state index contributed by atoms with van der Waals surface area (Å²) in [4.78, 5) is 33.5. The highest BCUT2D eigenvalue weighted by Crippen LogP contribution is 2.10. The summed E-state index contributed by atoms with van der Waals surface area (Å²) in [7, 11) is 0. The molecule has 4 N–H and O–H groups in total. The molecule has 0 saturated heterocycles. The van der Waals surface area contributed by atoms with Crippen LogP contribution < -0.4 is 11.1 Å². The van der Waals surface area contributed by atoms with Gasteiger partial charge in [0.2, 0.25) is 5.91 Å². The lowest BCUT2D eigenvalue weighted by Crippen LogP contribution is -2.41. The minimum Gasteiger partial charge on any atom is -0.480 e. The van der Waals surface area contributed by atoms with Crippen LogP contribution in [0.4, 0.5) is 4.39 Å². The second-order valence-electron chi connectivity index (χ2n) is 4.35. The van der Waals surface area contributed by atoms with Crippen molar-refractivity contribution >= 4 is 17.8 Å². The molecule has 1 aromatic carbocycles. The van der Waals surface area contributed by atoms with Crippen molar-refractivity contribution in [3.05, 3.63) is 35.1 Å². The van der Waals surface area contributed by atoms with Crippen LogP contribution >= 0.6 is 0 Å². The number of benzene rings is 1. The summed E-state index contributed by atoms with van der Waals surface area (Å²) in [5.41, 5.74) is 5.35. The number of nitrogens with one attached hydrogen (secondary N) is 1. The molecule has 0 aromatic heterocycles. The number of amides is 2. The molecular weight excluding hydrogens is 267 g/mol. The Morgan fingerprint density at radius 3 is 2.60 bits per heavy atom. The summed E-state index contributed by atoms with van der Waals surface area (Å²) < 4.78 is 13.5. The van der Waals surface area contributed by atoms with Crippen molar-refractivity contribution < 1.29 is 23.9 Å². The normalized spacial score (nSPS) is 11.7. The van der Waals surface area contributed by atoms with E-state index >= 15 is 0 Å². The Morgan fingerprint density at radius 2 is 2.05 bits per heavy atom. The summed E-state index contributed by atoms with van der Waals surface area (Å²) in [6.07, 6.45) is -0.336. The zero-order valence-corrected chi connectivity index (χ0v) is 10.9.